The van der Waals surface area contributed by atoms with Gasteiger partial charge in [-0.2, -0.15) is 5.10 Å². The zero-order valence-electron chi connectivity index (χ0n) is 9.66. The molecule has 1 heterocycles. The molecule has 0 aliphatic carbocycles. The van der Waals surface area contributed by atoms with Gasteiger partial charge in [0, 0.05) is 11.8 Å². The average Bonchev–Trinajstić information content (AvgIpc) is 2.25. The van der Waals surface area contributed by atoms with Gasteiger partial charge in [0.2, 0.25) is 0 Å². The van der Waals surface area contributed by atoms with Gasteiger partial charge in [-0.1, -0.05) is 24.6 Å². The topological polar surface area (TPSA) is 41.5 Å². The highest BCUT2D eigenvalue weighted by molar-refractivity contribution is 5.96. The first-order valence-electron chi connectivity index (χ1n) is 5.63. The van der Waals surface area contributed by atoms with Crippen LogP contribution in [0.4, 0.5) is 0 Å². The summed E-state index contributed by atoms with van der Waals surface area (Å²) in [4.78, 5) is 11.7. The van der Waals surface area contributed by atoms with Gasteiger partial charge in [-0.05, 0) is 37.3 Å². The molecule has 0 bridgehead atoms. The first-order valence-corrected chi connectivity index (χ1v) is 5.63. The first kappa shape index (κ1) is 10.9. The third kappa shape index (κ3) is 2.13. The van der Waals surface area contributed by atoms with Crippen LogP contribution in [0.5, 0.6) is 0 Å². The molecular formula is C13H16N2O. The van der Waals surface area contributed by atoms with Crippen LogP contribution in [-0.2, 0) is 6.42 Å². The molecular weight excluding hydrogens is 200 g/mol. The lowest BCUT2D eigenvalue weighted by Gasteiger charge is -2.16. The van der Waals surface area contributed by atoms with Gasteiger partial charge in [0.15, 0.2) is 0 Å². The van der Waals surface area contributed by atoms with E-state index in [0.29, 0.717) is 5.92 Å². The Hall–Kier alpha value is -1.64. The van der Waals surface area contributed by atoms with Gasteiger partial charge < -0.3 is 0 Å². The lowest BCUT2D eigenvalue weighted by Crippen LogP contribution is -2.24. The molecule has 0 radical (unpaired) electrons. The fourth-order valence-electron chi connectivity index (χ4n) is 1.96. The van der Waals surface area contributed by atoms with Crippen molar-refractivity contribution in [1.82, 2.24) is 5.43 Å². The molecule has 84 valence electrons. The maximum Gasteiger partial charge on any atom is 0.271 e. The van der Waals surface area contributed by atoms with Gasteiger partial charge >= 0.3 is 0 Å². The predicted octanol–water partition coefficient (Wildman–Crippen LogP) is 2.29. The highest BCUT2D eigenvalue weighted by Crippen LogP contribution is 2.18. The molecule has 3 heteroatoms. The normalized spacial score (nSPS) is 19.6. The van der Waals surface area contributed by atoms with E-state index in [0.717, 1.165) is 24.0 Å². The van der Waals surface area contributed by atoms with E-state index >= 15 is 0 Å². The largest absolute Gasteiger partial charge is 0.271 e. The fraction of sp³-hybridized carbons (Fsp3) is 0.385. The monoisotopic (exact) mass is 216 g/mol. The van der Waals surface area contributed by atoms with Gasteiger partial charge in [0.25, 0.3) is 5.91 Å². The zero-order chi connectivity index (χ0) is 11.5. The van der Waals surface area contributed by atoms with Crippen molar-refractivity contribution in [2.45, 2.75) is 26.7 Å². The number of hydrogen-bond acceptors (Lipinski definition) is 2. The van der Waals surface area contributed by atoms with Gasteiger partial charge in [-0.15, -0.1) is 0 Å². The van der Waals surface area contributed by atoms with E-state index in [9.17, 15) is 4.79 Å². The van der Waals surface area contributed by atoms with Crippen molar-refractivity contribution in [2.75, 3.05) is 0 Å². The fourth-order valence-corrected chi connectivity index (χ4v) is 1.96. The van der Waals surface area contributed by atoms with Crippen molar-refractivity contribution in [3.8, 4) is 0 Å². The zero-order valence-corrected chi connectivity index (χ0v) is 9.66. The van der Waals surface area contributed by atoms with Crippen LogP contribution in [0.25, 0.3) is 0 Å². The molecule has 2 rings (SSSR count). The number of fused-ring (bicyclic) bond motifs is 1. The van der Waals surface area contributed by atoms with Gasteiger partial charge in [0.05, 0.1) is 0 Å². The van der Waals surface area contributed by atoms with Crippen LogP contribution >= 0.6 is 0 Å². The SMILES string of the molecule is CCC1C=NNC(=O)c2ccc(C)cc2C1. The highest BCUT2D eigenvalue weighted by Gasteiger charge is 2.16. The standard InChI is InChI=1S/C13H16N2O/c1-3-10-7-11-6-9(2)4-5-12(11)13(16)15-14-8-10/h4-6,8,10H,3,7H2,1-2H3,(H,15,16). The minimum Gasteiger partial charge on any atom is -0.267 e. The molecule has 1 N–H and O–H groups in total. The summed E-state index contributed by atoms with van der Waals surface area (Å²) in [7, 11) is 0. The molecule has 1 amide bonds. The van der Waals surface area contributed by atoms with Crippen molar-refractivity contribution < 1.29 is 4.79 Å². The second-order valence-electron chi connectivity index (χ2n) is 4.25. The number of hydrogen-bond donors (Lipinski definition) is 1. The summed E-state index contributed by atoms with van der Waals surface area (Å²) in [5.41, 5.74) is 5.62. The third-order valence-corrected chi connectivity index (χ3v) is 2.96. The summed E-state index contributed by atoms with van der Waals surface area (Å²) in [6.07, 6.45) is 3.76. The van der Waals surface area contributed by atoms with Gasteiger partial charge in [-0.25, -0.2) is 5.43 Å². The third-order valence-electron chi connectivity index (χ3n) is 2.96. The van der Waals surface area contributed by atoms with Crippen LogP contribution in [-0.4, -0.2) is 12.1 Å². The van der Waals surface area contributed by atoms with Crippen molar-refractivity contribution >= 4 is 12.1 Å². The molecule has 1 atom stereocenters. The molecule has 1 aliphatic rings. The van der Waals surface area contributed by atoms with E-state index < -0.39 is 0 Å². The molecule has 16 heavy (non-hydrogen) atoms. The van der Waals surface area contributed by atoms with Crippen molar-refractivity contribution in [3.05, 3.63) is 34.9 Å². The Morgan fingerprint density at radius 1 is 1.50 bits per heavy atom. The Morgan fingerprint density at radius 2 is 2.31 bits per heavy atom. The Labute approximate surface area is 95.6 Å². The van der Waals surface area contributed by atoms with Crippen molar-refractivity contribution in [2.24, 2.45) is 11.0 Å². The van der Waals surface area contributed by atoms with Crippen LogP contribution in [0.15, 0.2) is 23.3 Å². The predicted molar refractivity (Wildman–Crippen MR) is 64.6 cm³/mol. The minimum atomic E-state index is -0.110. The summed E-state index contributed by atoms with van der Waals surface area (Å²) in [5.74, 6) is 0.293. The number of rotatable bonds is 1. The van der Waals surface area contributed by atoms with Crippen molar-refractivity contribution in [1.29, 1.82) is 0 Å². The molecule has 0 aromatic heterocycles. The van der Waals surface area contributed by atoms with Crippen molar-refractivity contribution in [3.63, 3.8) is 0 Å². The molecule has 3 nitrogen and oxygen atoms in total. The molecule has 0 fully saturated rings. The smallest absolute Gasteiger partial charge is 0.267 e. The van der Waals surface area contributed by atoms with Crippen LogP contribution in [0.3, 0.4) is 0 Å². The van der Waals surface area contributed by atoms with E-state index in [-0.39, 0.29) is 5.91 Å². The second kappa shape index (κ2) is 4.47. The molecule has 0 saturated carbocycles. The summed E-state index contributed by atoms with van der Waals surface area (Å²) in [6.45, 7) is 4.18. The number of hydrazone groups is 1. The number of nitrogens with one attached hydrogen (secondary N) is 1. The number of benzene rings is 1. The number of amides is 1. The lowest BCUT2D eigenvalue weighted by molar-refractivity contribution is 0.0953. The van der Waals surface area contributed by atoms with Crippen LogP contribution in [0, 0.1) is 12.8 Å². The maximum absolute atomic E-state index is 11.7. The number of nitrogens with zero attached hydrogens (tertiary/aromatic N) is 1. The van der Waals surface area contributed by atoms with Crippen LogP contribution in [0.1, 0.15) is 34.8 Å². The molecule has 1 aliphatic heterocycles. The highest BCUT2D eigenvalue weighted by atomic mass is 16.2. The van der Waals surface area contributed by atoms with Crippen LogP contribution in [0.2, 0.25) is 0 Å². The Morgan fingerprint density at radius 3 is 3.06 bits per heavy atom. The van der Waals surface area contributed by atoms with E-state index in [4.69, 9.17) is 0 Å². The summed E-state index contributed by atoms with van der Waals surface area (Å²) < 4.78 is 0. The minimum absolute atomic E-state index is 0.110. The summed E-state index contributed by atoms with van der Waals surface area (Å²) >= 11 is 0. The molecule has 0 saturated heterocycles. The Balaban J connectivity index is 2.42. The molecule has 0 spiro atoms. The lowest BCUT2D eigenvalue weighted by atomic mass is 9.92. The van der Waals surface area contributed by atoms with Gasteiger partial charge in [0.1, 0.15) is 0 Å². The number of aryl methyl sites for hydroxylation is 1. The molecule has 1 aromatic carbocycles. The first-order chi connectivity index (χ1) is 7.70. The molecule has 1 unspecified atom stereocenters. The summed E-state index contributed by atoms with van der Waals surface area (Å²) in [6, 6.07) is 5.94. The number of carbonyl (C=O) groups is 1. The average molecular weight is 216 g/mol. The molecule has 1 aromatic rings. The Bertz CT molecular complexity index is 438. The van der Waals surface area contributed by atoms with E-state index in [1.54, 1.807) is 0 Å². The maximum atomic E-state index is 11.7. The van der Waals surface area contributed by atoms with E-state index in [1.165, 1.54) is 5.56 Å². The quantitative estimate of drug-likeness (QED) is 0.768. The Kier molecular flexibility index (Phi) is 3.04. The van der Waals surface area contributed by atoms with Crippen LogP contribution < -0.4 is 5.43 Å². The van der Waals surface area contributed by atoms with E-state index in [1.807, 2.05) is 25.3 Å². The number of carbonyl (C=O) groups excluding carboxylic acids is 1. The summed E-state index contributed by atoms with van der Waals surface area (Å²) in [5, 5.41) is 3.96. The van der Waals surface area contributed by atoms with E-state index in [2.05, 4.69) is 23.5 Å². The second-order valence-corrected chi connectivity index (χ2v) is 4.25. The van der Waals surface area contributed by atoms with Gasteiger partial charge in [-0.3, -0.25) is 4.79 Å².